The molecule has 4 nitrogen and oxygen atoms in total. The zero-order chi connectivity index (χ0) is 21.3. The second-order valence-electron chi connectivity index (χ2n) is 6.73. The first-order chi connectivity index (χ1) is 14.5. The lowest BCUT2D eigenvalue weighted by Gasteiger charge is -2.11. The van der Waals surface area contributed by atoms with Gasteiger partial charge < -0.3 is 4.74 Å². The van der Waals surface area contributed by atoms with E-state index in [0.717, 1.165) is 37.8 Å². The Morgan fingerprint density at radius 1 is 0.967 bits per heavy atom. The van der Waals surface area contributed by atoms with Gasteiger partial charge in [0.05, 0.1) is 21.6 Å². The molecule has 0 spiro atoms. The minimum Gasteiger partial charge on any atom is -0.487 e. The van der Waals surface area contributed by atoms with Gasteiger partial charge in [0.15, 0.2) is 0 Å². The van der Waals surface area contributed by atoms with Crippen molar-refractivity contribution in [3.8, 4) is 5.75 Å². The highest BCUT2D eigenvalue weighted by atomic mass is 79.9. The summed E-state index contributed by atoms with van der Waals surface area (Å²) >= 11 is 7.09. The Balaban J connectivity index is 1.56. The maximum absolute atomic E-state index is 12.1. The van der Waals surface area contributed by atoms with Crippen LogP contribution in [0.15, 0.2) is 80.8 Å². The van der Waals surface area contributed by atoms with Crippen molar-refractivity contribution in [2.75, 3.05) is 0 Å². The summed E-state index contributed by atoms with van der Waals surface area (Å²) in [4.78, 5) is 12.1. The lowest BCUT2D eigenvalue weighted by molar-refractivity contribution is -0.120. The largest absolute Gasteiger partial charge is 0.487 e. The topological polar surface area (TPSA) is 50.7 Å². The van der Waals surface area contributed by atoms with E-state index in [-0.39, 0.29) is 5.91 Å². The molecule has 0 saturated heterocycles. The van der Waals surface area contributed by atoms with Crippen LogP contribution in [0.1, 0.15) is 29.2 Å². The van der Waals surface area contributed by atoms with Gasteiger partial charge in [-0.3, -0.25) is 4.79 Å². The Morgan fingerprint density at radius 3 is 2.23 bits per heavy atom. The van der Waals surface area contributed by atoms with Gasteiger partial charge in [-0.2, -0.15) is 5.10 Å². The molecule has 0 heterocycles. The number of halogens is 2. The van der Waals surface area contributed by atoms with E-state index in [4.69, 9.17) is 4.74 Å². The van der Waals surface area contributed by atoms with Gasteiger partial charge in [0.1, 0.15) is 12.4 Å². The third-order valence-electron chi connectivity index (χ3n) is 4.45. The molecule has 0 fully saturated rings. The van der Waals surface area contributed by atoms with Crippen molar-refractivity contribution in [3.63, 3.8) is 0 Å². The smallest absolute Gasteiger partial charge is 0.244 e. The number of carbonyl (C=O) groups excluding carboxylic acids is 1. The second kappa shape index (κ2) is 11.1. The van der Waals surface area contributed by atoms with Crippen LogP contribution in [-0.4, -0.2) is 12.1 Å². The van der Waals surface area contributed by atoms with Gasteiger partial charge in [-0.1, -0.05) is 61.5 Å². The second-order valence-corrected chi connectivity index (χ2v) is 8.44. The highest BCUT2D eigenvalue weighted by Gasteiger charge is 2.09. The number of hydrogen-bond donors (Lipinski definition) is 1. The fourth-order valence-electron chi connectivity index (χ4n) is 2.82. The van der Waals surface area contributed by atoms with Crippen molar-refractivity contribution < 1.29 is 9.53 Å². The minimum atomic E-state index is -0.156. The third-order valence-corrected chi connectivity index (χ3v) is 5.62. The molecule has 1 N–H and O–H groups in total. The van der Waals surface area contributed by atoms with Crippen molar-refractivity contribution in [1.82, 2.24) is 5.43 Å². The van der Waals surface area contributed by atoms with Crippen LogP contribution in [0.3, 0.4) is 0 Å². The lowest BCUT2D eigenvalue weighted by atomic mass is 10.1. The molecule has 0 radical (unpaired) electrons. The summed E-state index contributed by atoms with van der Waals surface area (Å²) in [6.45, 7) is 2.58. The van der Waals surface area contributed by atoms with Crippen molar-refractivity contribution >= 4 is 44.0 Å². The molecule has 1 amide bonds. The van der Waals surface area contributed by atoms with E-state index in [1.54, 1.807) is 6.21 Å². The quantitative estimate of drug-likeness (QED) is 0.285. The van der Waals surface area contributed by atoms with E-state index in [1.807, 2.05) is 66.7 Å². The Kier molecular flexibility index (Phi) is 8.22. The normalized spacial score (nSPS) is 10.9. The van der Waals surface area contributed by atoms with Gasteiger partial charge in [0.2, 0.25) is 5.91 Å². The highest BCUT2D eigenvalue weighted by Crippen LogP contribution is 2.35. The maximum Gasteiger partial charge on any atom is 0.244 e. The van der Waals surface area contributed by atoms with Crippen LogP contribution in [0.5, 0.6) is 5.75 Å². The number of nitrogens with one attached hydrogen (secondary N) is 1. The van der Waals surface area contributed by atoms with Gasteiger partial charge in [-0.25, -0.2) is 5.43 Å². The van der Waals surface area contributed by atoms with E-state index < -0.39 is 0 Å². The van der Waals surface area contributed by atoms with Crippen LogP contribution < -0.4 is 10.2 Å². The number of hydrazone groups is 1. The molecule has 0 aliphatic heterocycles. The standard InChI is InChI=1S/C24H22Br2N2O2/c1-2-17-8-10-18(11-9-17)14-23(29)28-27-15-20-12-21(25)24(22(26)13-20)30-16-19-6-4-3-5-7-19/h3-13,15H,2,14,16H2,1H3,(H,28,29)/b27-15+. The van der Waals surface area contributed by atoms with Crippen LogP contribution in [0.4, 0.5) is 0 Å². The van der Waals surface area contributed by atoms with Crippen molar-refractivity contribution in [1.29, 1.82) is 0 Å². The summed E-state index contributed by atoms with van der Waals surface area (Å²) in [5.41, 5.74) is 6.71. The molecule has 0 unspecified atom stereocenters. The summed E-state index contributed by atoms with van der Waals surface area (Å²) in [5, 5.41) is 4.07. The summed E-state index contributed by atoms with van der Waals surface area (Å²) in [6.07, 6.45) is 2.88. The zero-order valence-corrected chi connectivity index (χ0v) is 19.7. The van der Waals surface area contributed by atoms with E-state index in [2.05, 4.69) is 49.3 Å². The predicted molar refractivity (Wildman–Crippen MR) is 128 cm³/mol. The van der Waals surface area contributed by atoms with Crippen LogP contribution >= 0.6 is 31.9 Å². The number of nitrogens with zero attached hydrogens (tertiary/aromatic N) is 1. The highest BCUT2D eigenvalue weighted by molar-refractivity contribution is 9.11. The number of ether oxygens (including phenoxy) is 1. The monoisotopic (exact) mass is 528 g/mol. The Hall–Kier alpha value is -2.44. The number of amides is 1. The molecule has 0 aromatic heterocycles. The van der Waals surface area contributed by atoms with Crippen LogP contribution in [0.2, 0.25) is 0 Å². The van der Waals surface area contributed by atoms with Crippen LogP contribution in [0, 0.1) is 0 Å². The number of hydrogen-bond acceptors (Lipinski definition) is 3. The Bertz CT molecular complexity index is 996. The number of carbonyl (C=O) groups is 1. The van der Waals surface area contributed by atoms with E-state index in [0.29, 0.717) is 13.0 Å². The van der Waals surface area contributed by atoms with Crippen molar-refractivity contribution in [3.05, 3.63) is 97.9 Å². The molecule has 0 aliphatic rings. The molecule has 30 heavy (non-hydrogen) atoms. The molecular weight excluding hydrogens is 508 g/mol. The Morgan fingerprint density at radius 2 is 1.60 bits per heavy atom. The molecule has 0 aliphatic carbocycles. The molecule has 3 aromatic carbocycles. The molecule has 0 atom stereocenters. The molecule has 3 aromatic rings. The predicted octanol–water partition coefficient (Wildman–Crippen LogP) is 6.05. The molecule has 6 heteroatoms. The third kappa shape index (κ3) is 6.54. The van der Waals surface area contributed by atoms with Gasteiger partial charge >= 0.3 is 0 Å². The van der Waals surface area contributed by atoms with Gasteiger partial charge in [0, 0.05) is 0 Å². The van der Waals surface area contributed by atoms with Gasteiger partial charge in [-0.15, -0.1) is 0 Å². The first-order valence-corrected chi connectivity index (χ1v) is 11.2. The maximum atomic E-state index is 12.1. The molecule has 0 bridgehead atoms. The zero-order valence-electron chi connectivity index (χ0n) is 16.6. The number of rotatable bonds is 8. The van der Waals surface area contributed by atoms with Crippen molar-refractivity contribution in [2.24, 2.45) is 5.10 Å². The number of benzene rings is 3. The van der Waals surface area contributed by atoms with E-state index in [9.17, 15) is 4.79 Å². The Labute approximate surface area is 193 Å². The van der Waals surface area contributed by atoms with Crippen LogP contribution in [-0.2, 0) is 24.2 Å². The van der Waals surface area contributed by atoms with E-state index in [1.165, 1.54) is 5.56 Å². The minimum absolute atomic E-state index is 0.156. The van der Waals surface area contributed by atoms with Crippen molar-refractivity contribution in [2.45, 2.75) is 26.4 Å². The van der Waals surface area contributed by atoms with Gasteiger partial charge in [-0.05, 0) is 72.7 Å². The lowest BCUT2D eigenvalue weighted by Crippen LogP contribution is -2.19. The first-order valence-electron chi connectivity index (χ1n) is 9.60. The molecule has 3 rings (SSSR count). The summed E-state index contributed by atoms with van der Waals surface area (Å²) in [7, 11) is 0. The van der Waals surface area contributed by atoms with E-state index >= 15 is 0 Å². The molecule has 0 saturated carbocycles. The van der Waals surface area contributed by atoms with Gasteiger partial charge in [0.25, 0.3) is 0 Å². The average Bonchev–Trinajstić information content (AvgIpc) is 2.74. The molecular formula is C24H22Br2N2O2. The first kappa shape index (κ1) is 22.2. The summed E-state index contributed by atoms with van der Waals surface area (Å²) in [5.74, 6) is 0.562. The fraction of sp³-hybridized carbons (Fsp3) is 0.167. The number of aryl methyl sites for hydroxylation is 1. The summed E-state index contributed by atoms with van der Waals surface area (Å²) < 4.78 is 7.53. The fourth-order valence-corrected chi connectivity index (χ4v) is 4.27. The average molecular weight is 530 g/mol. The molecule has 154 valence electrons. The van der Waals surface area contributed by atoms with Crippen LogP contribution in [0.25, 0.3) is 0 Å². The summed E-state index contributed by atoms with van der Waals surface area (Å²) in [6, 6.07) is 21.8. The SMILES string of the molecule is CCc1ccc(CC(=O)N/N=C/c2cc(Br)c(OCc3ccccc3)c(Br)c2)cc1.